The second kappa shape index (κ2) is 5.30. The van der Waals surface area contributed by atoms with Crippen LogP contribution in [0.5, 0.6) is 0 Å². The molecule has 0 radical (unpaired) electrons. The molecular formula is C14H19NO2. The van der Waals surface area contributed by atoms with Crippen molar-refractivity contribution in [3.63, 3.8) is 0 Å². The summed E-state index contributed by atoms with van der Waals surface area (Å²) < 4.78 is 5.08. The second-order valence-electron chi connectivity index (χ2n) is 4.37. The van der Waals surface area contributed by atoms with Crippen molar-refractivity contribution in [1.82, 2.24) is 4.98 Å². The minimum atomic E-state index is -0.231. The fraction of sp³-hybridized carbons (Fsp3) is 0.571. The molecule has 17 heavy (non-hydrogen) atoms. The molecule has 0 unspecified atom stereocenters. The Balaban J connectivity index is 2.39. The molecule has 0 aromatic carbocycles. The number of aryl methyl sites for hydroxylation is 3. The average Bonchev–Trinajstić information content (AvgIpc) is 2.37. The SMILES string of the molecule is CCOC(=O)c1cc2c(nc1CC)CCCC2. The topological polar surface area (TPSA) is 39.2 Å². The standard InChI is InChI=1S/C14H19NO2/c1-3-12-11(14(16)17-4-2)9-10-7-5-6-8-13(10)15-12/h9H,3-8H2,1-2H3. The lowest BCUT2D eigenvalue weighted by Gasteiger charge is -2.17. The maximum Gasteiger partial charge on any atom is 0.339 e. The Kier molecular flexibility index (Phi) is 3.77. The minimum Gasteiger partial charge on any atom is -0.462 e. The highest BCUT2D eigenvalue weighted by atomic mass is 16.5. The van der Waals surface area contributed by atoms with Crippen LogP contribution in [-0.2, 0) is 24.0 Å². The third-order valence-electron chi connectivity index (χ3n) is 3.21. The summed E-state index contributed by atoms with van der Waals surface area (Å²) in [4.78, 5) is 16.5. The number of nitrogens with zero attached hydrogens (tertiary/aromatic N) is 1. The number of aromatic nitrogens is 1. The molecule has 2 rings (SSSR count). The molecule has 0 aliphatic heterocycles. The smallest absolute Gasteiger partial charge is 0.339 e. The van der Waals surface area contributed by atoms with Gasteiger partial charge in [0, 0.05) is 5.69 Å². The number of carbonyl (C=O) groups excluding carboxylic acids is 1. The fourth-order valence-electron chi connectivity index (χ4n) is 2.33. The first-order valence-corrected chi connectivity index (χ1v) is 6.45. The summed E-state index contributed by atoms with van der Waals surface area (Å²) in [6, 6.07) is 2.00. The van der Waals surface area contributed by atoms with Crippen molar-refractivity contribution in [3.8, 4) is 0 Å². The zero-order chi connectivity index (χ0) is 12.3. The number of ether oxygens (including phenoxy) is 1. The van der Waals surface area contributed by atoms with Gasteiger partial charge in [-0.05, 0) is 50.7 Å². The molecule has 0 N–H and O–H groups in total. The molecule has 0 fully saturated rings. The van der Waals surface area contributed by atoms with Crippen LogP contribution >= 0.6 is 0 Å². The molecule has 1 heterocycles. The minimum absolute atomic E-state index is 0.231. The van der Waals surface area contributed by atoms with Gasteiger partial charge in [-0.25, -0.2) is 4.79 Å². The Morgan fingerprint density at radius 1 is 1.35 bits per heavy atom. The van der Waals surface area contributed by atoms with Crippen molar-refractivity contribution in [1.29, 1.82) is 0 Å². The van der Waals surface area contributed by atoms with Gasteiger partial charge in [-0.2, -0.15) is 0 Å². The molecule has 3 nitrogen and oxygen atoms in total. The number of esters is 1. The summed E-state index contributed by atoms with van der Waals surface area (Å²) >= 11 is 0. The van der Waals surface area contributed by atoms with Crippen molar-refractivity contribution in [2.24, 2.45) is 0 Å². The van der Waals surface area contributed by atoms with Crippen LogP contribution in [0.1, 0.15) is 54.0 Å². The van der Waals surface area contributed by atoms with Gasteiger partial charge in [0.15, 0.2) is 0 Å². The van der Waals surface area contributed by atoms with Crippen molar-refractivity contribution < 1.29 is 9.53 Å². The van der Waals surface area contributed by atoms with Crippen molar-refractivity contribution in [2.45, 2.75) is 46.0 Å². The van der Waals surface area contributed by atoms with Crippen LogP contribution in [0.4, 0.5) is 0 Å². The van der Waals surface area contributed by atoms with Gasteiger partial charge < -0.3 is 4.74 Å². The number of hydrogen-bond acceptors (Lipinski definition) is 3. The molecule has 1 aromatic heterocycles. The quantitative estimate of drug-likeness (QED) is 0.753. The number of rotatable bonds is 3. The molecule has 3 heteroatoms. The maximum atomic E-state index is 11.8. The van der Waals surface area contributed by atoms with Crippen LogP contribution in [0.2, 0.25) is 0 Å². The van der Waals surface area contributed by atoms with E-state index >= 15 is 0 Å². The second-order valence-corrected chi connectivity index (χ2v) is 4.37. The zero-order valence-corrected chi connectivity index (χ0v) is 10.6. The molecule has 1 aliphatic rings. The van der Waals surface area contributed by atoms with E-state index in [0.29, 0.717) is 12.2 Å². The highest BCUT2D eigenvalue weighted by Crippen LogP contribution is 2.23. The lowest BCUT2D eigenvalue weighted by Crippen LogP contribution is -2.14. The summed E-state index contributed by atoms with van der Waals surface area (Å²) in [5, 5.41) is 0. The third-order valence-corrected chi connectivity index (χ3v) is 3.21. The van der Waals surface area contributed by atoms with Crippen molar-refractivity contribution in [3.05, 3.63) is 28.6 Å². The van der Waals surface area contributed by atoms with Gasteiger partial charge in [0.1, 0.15) is 0 Å². The first-order valence-electron chi connectivity index (χ1n) is 6.45. The summed E-state index contributed by atoms with van der Waals surface area (Å²) in [7, 11) is 0. The van der Waals surface area contributed by atoms with E-state index in [9.17, 15) is 4.79 Å². The van der Waals surface area contributed by atoms with Gasteiger partial charge in [0.05, 0.1) is 17.9 Å². The maximum absolute atomic E-state index is 11.8. The summed E-state index contributed by atoms with van der Waals surface area (Å²) in [5.41, 5.74) is 3.96. The molecule has 0 amide bonds. The van der Waals surface area contributed by atoms with Crippen LogP contribution in [0.3, 0.4) is 0 Å². The normalized spacial score (nSPS) is 14.2. The summed E-state index contributed by atoms with van der Waals surface area (Å²) in [5.74, 6) is -0.231. The first-order chi connectivity index (χ1) is 8.26. The fourth-order valence-corrected chi connectivity index (χ4v) is 2.33. The van der Waals surface area contributed by atoms with Crippen LogP contribution < -0.4 is 0 Å². The Morgan fingerprint density at radius 3 is 2.82 bits per heavy atom. The van der Waals surface area contributed by atoms with Gasteiger partial charge >= 0.3 is 5.97 Å². The molecule has 0 saturated heterocycles. The zero-order valence-electron chi connectivity index (χ0n) is 10.6. The molecule has 0 atom stereocenters. The lowest BCUT2D eigenvalue weighted by atomic mass is 9.93. The summed E-state index contributed by atoms with van der Waals surface area (Å²) in [6.07, 6.45) is 5.27. The van der Waals surface area contributed by atoms with E-state index in [-0.39, 0.29) is 5.97 Å². The van der Waals surface area contributed by atoms with Gasteiger partial charge in [-0.1, -0.05) is 6.92 Å². The van der Waals surface area contributed by atoms with Gasteiger partial charge in [-0.15, -0.1) is 0 Å². The molecule has 0 spiro atoms. The molecule has 0 bridgehead atoms. The van der Waals surface area contributed by atoms with Crippen LogP contribution in [0.25, 0.3) is 0 Å². The lowest BCUT2D eigenvalue weighted by molar-refractivity contribution is 0.0524. The largest absolute Gasteiger partial charge is 0.462 e. The van der Waals surface area contributed by atoms with Gasteiger partial charge in [0.25, 0.3) is 0 Å². The van der Waals surface area contributed by atoms with E-state index in [2.05, 4.69) is 4.98 Å². The Bertz CT molecular complexity index is 426. The highest BCUT2D eigenvalue weighted by molar-refractivity contribution is 5.90. The molecule has 0 saturated carbocycles. The molecule has 1 aliphatic carbocycles. The van der Waals surface area contributed by atoms with E-state index in [1.165, 1.54) is 24.1 Å². The number of carbonyl (C=O) groups is 1. The van der Waals surface area contributed by atoms with Crippen LogP contribution in [0, 0.1) is 0 Å². The van der Waals surface area contributed by atoms with E-state index in [1.54, 1.807) is 0 Å². The van der Waals surface area contributed by atoms with E-state index < -0.39 is 0 Å². The Morgan fingerprint density at radius 2 is 2.12 bits per heavy atom. The van der Waals surface area contributed by atoms with E-state index in [1.807, 2.05) is 19.9 Å². The Hall–Kier alpha value is -1.38. The first kappa shape index (κ1) is 12.1. The molecule has 92 valence electrons. The Labute approximate surface area is 102 Å². The van der Waals surface area contributed by atoms with E-state index in [0.717, 1.165) is 25.0 Å². The van der Waals surface area contributed by atoms with Crippen molar-refractivity contribution >= 4 is 5.97 Å². The monoisotopic (exact) mass is 233 g/mol. The number of hydrogen-bond donors (Lipinski definition) is 0. The highest BCUT2D eigenvalue weighted by Gasteiger charge is 2.18. The third kappa shape index (κ3) is 2.48. The van der Waals surface area contributed by atoms with Gasteiger partial charge in [0.2, 0.25) is 0 Å². The summed E-state index contributed by atoms with van der Waals surface area (Å²) in [6.45, 7) is 4.27. The molecular weight excluding hydrogens is 214 g/mol. The van der Waals surface area contributed by atoms with Crippen LogP contribution in [-0.4, -0.2) is 17.6 Å². The average molecular weight is 233 g/mol. The van der Waals surface area contributed by atoms with Crippen molar-refractivity contribution in [2.75, 3.05) is 6.61 Å². The predicted octanol–water partition coefficient (Wildman–Crippen LogP) is 2.70. The van der Waals surface area contributed by atoms with E-state index in [4.69, 9.17) is 4.74 Å². The predicted molar refractivity (Wildman–Crippen MR) is 66.2 cm³/mol. The number of pyridine rings is 1. The molecule has 1 aromatic rings. The van der Waals surface area contributed by atoms with Gasteiger partial charge in [-0.3, -0.25) is 4.98 Å². The van der Waals surface area contributed by atoms with Crippen LogP contribution in [0.15, 0.2) is 6.07 Å². The number of fused-ring (bicyclic) bond motifs is 1.